The highest BCUT2D eigenvalue weighted by Crippen LogP contribution is 2.19. The maximum absolute atomic E-state index is 12.8. The lowest BCUT2D eigenvalue weighted by Gasteiger charge is -2.12. The number of aromatic amines is 1. The summed E-state index contributed by atoms with van der Waals surface area (Å²) in [7, 11) is 0. The highest BCUT2D eigenvalue weighted by atomic mass is 16.1. The van der Waals surface area contributed by atoms with Gasteiger partial charge in [-0.2, -0.15) is 0 Å². The number of H-pyrrole nitrogens is 1. The van der Waals surface area contributed by atoms with Crippen LogP contribution < -0.4 is 5.56 Å². The highest BCUT2D eigenvalue weighted by molar-refractivity contribution is 5.77. The second-order valence-electron chi connectivity index (χ2n) is 5.68. The Morgan fingerprint density at radius 3 is 2.68 bits per heavy atom. The van der Waals surface area contributed by atoms with Crippen LogP contribution in [0.25, 0.3) is 22.4 Å². The number of nitrogens with one attached hydrogen (secondary N) is 1. The fraction of sp³-hybridized carbons (Fsp3) is 0.333. The van der Waals surface area contributed by atoms with E-state index in [1.165, 1.54) is 0 Å². The molecule has 1 N–H and O–H groups in total. The van der Waals surface area contributed by atoms with Gasteiger partial charge >= 0.3 is 0 Å². The first-order chi connectivity index (χ1) is 10.7. The summed E-state index contributed by atoms with van der Waals surface area (Å²) in [6.45, 7) is 4.83. The third kappa shape index (κ3) is 2.69. The minimum absolute atomic E-state index is 0.0457. The maximum Gasteiger partial charge on any atom is 0.263 e. The Morgan fingerprint density at radius 2 is 1.95 bits per heavy atom. The van der Waals surface area contributed by atoms with Crippen LogP contribution >= 0.6 is 0 Å². The minimum atomic E-state index is 0.0457. The van der Waals surface area contributed by atoms with Crippen LogP contribution in [0.2, 0.25) is 0 Å². The van der Waals surface area contributed by atoms with Crippen molar-refractivity contribution in [2.75, 3.05) is 0 Å². The van der Waals surface area contributed by atoms with Gasteiger partial charge in [-0.3, -0.25) is 9.36 Å². The van der Waals surface area contributed by atoms with Crippen LogP contribution in [0.1, 0.15) is 31.9 Å². The van der Waals surface area contributed by atoms with Crippen molar-refractivity contribution in [2.45, 2.75) is 39.7 Å². The molecule has 0 aliphatic heterocycles. The van der Waals surface area contributed by atoms with E-state index < -0.39 is 0 Å². The number of aromatic nitrogens is 3. The Bertz CT molecular complexity index is 831. The second kappa shape index (κ2) is 6.18. The van der Waals surface area contributed by atoms with Crippen molar-refractivity contribution < 1.29 is 0 Å². The van der Waals surface area contributed by atoms with Gasteiger partial charge in [-0.1, -0.05) is 50.1 Å². The summed E-state index contributed by atoms with van der Waals surface area (Å²) in [6.07, 6.45) is 3.24. The van der Waals surface area contributed by atoms with E-state index in [2.05, 4.69) is 11.9 Å². The van der Waals surface area contributed by atoms with Gasteiger partial charge in [-0.25, -0.2) is 4.98 Å². The molecule has 0 fully saturated rings. The van der Waals surface area contributed by atoms with E-state index in [-0.39, 0.29) is 5.56 Å². The largest absolute Gasteiger partial charge is 0.343 e. The molecule has 0 aliphatic carbocycles. The number of fused-ring (bicyclic) bond motifs is 1. The van der Waals surface area contributed by atoms with Gasteiger partial charge in [0.25, 0.3) is 5.56 Å². The van der Waals surface area contributed by atoms with E-state index in [4.69, 9.17) is 4.98 Å². The van der Waals surface area contributed by atoms with Crippen LogP contribution in [0, 0.1) is 6.92 Å². The quantitative estimate of drug-likeness (QED) is 0.726. The topological polar surface area (TPSA) is 50.7 Å². The smallest absolute Gasteiger partial charge is 0.263 e. The fourth-order valence-corrected chi connectivity index (χ4v) is 2.77. The first-order valence-corrected chi connectivity index (χ1v) is 7.86. The van der Waals surface area contributed by atoms with E-state index in [0.717, 1.165) is 36.3 Å². The second-order valence-corrected chi connectivity index (χ2v) is 5.68. The summed E-state index contributed by atoms with van der Waals surface area (Å²) < 4.78 is 1.82. The van der Waals surface area contributed by atoms with E-state index in [9.17, 15) is 4.79 Å². The molecular formula is C18H21N3O. The molecular weight excluding hydrogens is 274 g/mol. The van der Waals surface area contributed by atoms with Crippen molar-refractivity contribution in [3.05, 3.63) is 52.4 Å². The van der Waals surface area contributed by atoms with Crippen LogP contribution in [-0.2, 0) is 6.54 Å². The molecule has 4 heteroatoms. The monoisotopic (exact) mass is 295 g/mol. The molecule has 0 bridgehead atoms. The van der Waals surface area contributed by atoms with Gasteiger partial charge in [0.1, 0.15) is 11.5 Å². The molecule has 114 valence electrons. The summed E-state index contributed by atoms with van der Waals surface area (Å²) in [6, 6.07) is 11.8. The Labute approximate surface area is 129 Å². The third-order valence-electron chi connectivity index (χ3n) is 3.90. The molecule has 0 atom stereocenters. The molecule has 0 saturated heterocycles. The van der Waals surface area contributed by atoms with Gasteiger partial charge in [0, 0.05) is 17.8 Å². The van der Waals surface area contributed by atoms with Crippen molar-refractivity contribution in [1.29, 1.82) is 0 Å². The molecule has 0 radical (unpaired) electrons. The SMILES string of the molecule is CCCCCn1c(-c2ccccc2)nc2[nH]c(C)cc2c1=O. The first kappa shape index (κ1) is 14.6. The molecule has 2 heterocycles. The minimum Gasteiger partial charge on any atom is -0.343 e. The van der Waals surface area contributed by atoms with Crippen molar-refractivity contribution in [1.82, 2.24) is 14.5 Å². The molecule has 0 saturated carbocycles. The maximum atomic E-state index is 12.8. The summed E-state index contributed by atoms with van der Waals surface area (Å²) >= 11 is 0. The highest BCUT2D eigenvalue weighted by Gasteiger charge is 2.13. The average molecular weight is 295 g/mol. The molecule has 2 aromatic heterocycles. The molecule has 0 amide bonds. The molecule has 4 nitrogen and oxygen atoms in total. The number of benzene rings is 1. The van der Waals surface area contributed by atoms with E-state index >= 15 is 0 Å². The van der Waals surface area contributed by atoms with Gasteiger partial charge < -0.3 is 4.98 Å². The van der Waals surface area contributed by atoms with Gasteiger partial charge in [-0.15, -0.1) is 0 Å². The van der Waals surface area contributed by atoms with Crippen molar-refractivity contribution >= 4 is 11.0 Å². The molecule has 0 spiro atoms. The van der Waals surface area contributed by atoms with Gasteiger partial charge in [0.2, 0.25) is 0 Å². The van der Waals surface area contributed by atoms with E-state index in [0.29, 0.717) is 17.6 Å². The molecule has 0 aliphatic rings. The fourth-order valence-electron chi connectivity index (χ4n) is 2.77. The van der Waals surface area contributed by atoms with Crippen LogP contribution in [0.5, 0.6) is 0 Å². The predicted molar refractivity (Wildman–Crippen MR) is 90.1 cm³/mol. The van der Waals surface area contributed by atoms with Gasteiger partial charge in [-0.05, 0) is 19.4 Å². The lowest BCUT2D eigenvalue weighted by atomic mass is 10.2. The van der Waals surface area contributed by atoms with E-state index in [1.54, 1.807) is 0 Å². The van der Waals surface area contributed by atoms with Crippen LogP contribution in [-0.4, -0.2) is 14.5 Å². The molecule has 22 heavy (non-hydrogen) atoms. The average Bonchev–Trinajstić information content (AvgIpc) is 2.91. The predicted octanol–water partition coefficient (Wildman–Crippen LogP) is 3.89. The Kier molecular flexibility index (Phi) is 4.09. The van der Waals surface area contributed by atoms with E-state index in [1.807, 2.05) is 47.9 Å². The van der Waals surface area contributed by atoms with Crippen molar-refractivity contribution in [3.63, 3.8) is 0 Å². The Balaban J connectivity index is 2.19. The zero-order valence-electron chi connectivity index (χ0n) is 13.1. The van der Waals surface area contributed by atoms with Crippen molar-refractivity contribution in [3.8, 4) is 11.4 Å². The van der Waals surface area contributed by atoms with Gasteiger partial charge in [0.15, 0.2) is 0 Å². The third-order valence-corrected chi connectivity index (χ3v) is 3.90. The number of unbranched alkanes of at least 4 members (excludes halogenated alkanes) is 2. The Morgan fingerprint density at radius 1 is 1.18 bits per heavy atom. The lowest BCUT2D eigenvalue weighted by molar-refractivity contribution is 0.589. The summed E-state index contributed by atoms with van der Waals surface area (Å²) in [5, 5.41) is 0.675. The number of hydrogen-bond acceptors (Lipinski definition) is 2. The van der Waals surface area contributed by atoms with Crippen LogP contribution in [0.4, 0.5) is 0 Å². The molecule has 0 unspecified atom stereocenters. The summed E-state index contributed by atoms with van der Waals surface area (Å²) in [5.74, 6) is 0.746. The molecule has 1 aromatic carbocycles. The first-order valence-electron chi connectivity index (χ1n) is 7.86. The van der Waals surface area contributed by atoms with Crippen molar-refractivity contribution in [2.24, 2.45) is 0 Å². The van der Waals surface area contributed by atoms with Gasteiger partial charge in [0.05, 0.1) is 5.39 Å². The Hall–Kier alpha value is -2.36. The zero-order valence-corrected chi connectivity index (χ0v) is 13.1. The molecule has 3 aromatic rings. The number of hydrogen-bond donors (Lipinski definition) is 1. The summed E-state index contributed by atoms with van der Waals surface area (Å²) in [4.78, 5) is 20.7. The number of rotatable bonds is 5. The zero-order chi connectivity index (χ0) is 15.5. The molecule has 3 rings (SSSR count). The summed E-state index contributed by atoms with van der Waals surface area (Å²) in [5.41, 5.74) is 2.66. The van der Waals surface area contributed by atoms with Crippen LogP contribution in [0.3, 0.4) is 0 Å². The van der Waals surface area contributed by atoms with Crippen LogP contribution in [0.15, 0.2) is 41.2 Å². The normalized spacial score (nSPS) is 11.2. The number of nitrogens with zero attached hydrogens (tertiary/aromatic N) is 2. The number of aryl methyl sites for hydroxylation is 1. The standard InChI is InChI=1S/C18H21N3O/c1-3-4-8-11-21-17(14-9-6-5-7-10-14)20-16-15(18(21)22)12-13(2)19-16/h5-7,9-10,12,19H,3-4,8,11H2,1-2H3. The lowest BCUT2D eigenvalue weighted by Crippen LogP contribution is -2.23.